The summed E-state index contributed by atoms with van der Waals surface area (Å²) in [7, 11) is -3.56. The number of anilines is 2. The van der Waals surface area contributed by atoms with Gasteiger partial charge in [-0.25, -0.2) is 18.4 Å². The highest BCUT2D eigenvalue weighted by Crippen LogP contribution is 2.29. The first-order chi connectivity index (χ1) is 17.3. The Kier molecular flexibility index (Phi) is 6.94. The van der Waals surface area contributed by atoms with Crippen molar-refractivity contribution in [2.45, 2.75) is 24.8 Å². The molecule has 0 aliphatic carbocycles. The lowest BCUT2D eigenvalue weighted by atomic mass is 10.1. The number of benzene rings is 3. The minimum atomic E-state index is -3.56. The van der Waals surface area contributed by atoms with Gasteiger partial charge >= 0.3 is 0 Å². The van der Waals surface area contributed by atoms with Crippen LogP contribution >= 0.6 is 11.6 Å². The molecule has 0 amide bonds. The van der Waals surface area contributed by atoms with Crippen LogP contribution in [0, 0.1) is 6.92 Å². The number of aryl methyl sites for hydroxylation is 1. The first kappa shape index (κ1) is 24.6. The maximum Gasteiger partial charge on any atom is 0.243 e. The highest BCUT2D eigenvalue weighted by molar-refractivity contribution is 7.89. The molecule has 1 aliphatic heterocycles. The van der Waals surface area contributed by atoms with Crippen LogP contribution in [0.4, 0.5) is 11.5 Å². The van der Waals surface area contributed by atoms with Gasteiger partial charge in [-0.3, -0.25) is 4.90 Å². The monoisotopic (exact) mass is 521 g/mol. The molecule has 0 spiro atoms. The number of halogens is 1. The molecule has 0 bridgehead atoms. The van der Waals surface area contributed by atoms with Crippen molar-refractivity contribution < 1.29 is 8.42 Å². The van der Waals surface area contributed by atoms with Crippen molar-refractivity contribution in [3.05, 3.63) is 89.2 Å². The van der Waals surface area contributed by atoms with E-state index in [0.717, 1.165) is 28.0 Å². The minimum absolute atomic E-state index is 0.0765. The maximum atomic E-state index is 13.1. The van der Waals surface area contributed by atoms with E-state index in [1.165, 1.54) is 4.31 Å². The summed E-state index contributed by atoms with van der Waals surface area (Å²) in [6, 6.07) is 22.3. The summed E-state index contributed by atoms with van der Waals surface area (Å²) >= 11 is 5.93. The number of para-hydroxylation sites is 2. The van der Waals surface area contributed by atoms with Gasteiger partial charge < -0.3 is 5.32 Å². The summed E-state index contributed by atoms with van der Waals surface area (Å²) in [5, 5.41) is 4.96. The Hall–Kier alpha value is -3.04. The molecule has 0 unspecified atom stereocenters. The van der Waals surface area contributed by atoms with E-state index in [1.54, 1.807) is 24.3 Å². The topological polar surface area (TPSA) is 78.4 Å². The molecular formula is C27H28ClN5O2S. The molecule has 186 valence electrons. The molecule has 5 rings (SSSR count). The van der Waals surface area contributed by atoms with Crippen LogP contribution in [0.3, 0.4) is 0 Å². The molecule has 1 fully saturated rings. The molecule has 2 heterocycles. The molecule has 0 saturated carbocycles. The molecule has 1 N–H and O–H groups in total. The average Bonchev–Trinajstić information content (AvgIpc) is 2.90. The van der Waals surface area contributed by atoms with Crippen LogP contribution in [-0.4, -0.2) is 53.8 Å². The third kappa shape index (κ3) is 4.95. The Morgan fingerprint density at radius 2 is 1.56 bits per heavy atom. The quantitative estimate of drug-likeness (QED) is 0.366. The van der Waals surface area contributed by atoms with Crippen LogP contribution in [-0.2, 0) is 10.0 Å². The Morgan fingerprint density at radius 3 is 2.28 bits per heavy atom. The summed E-state index contributed by atoms with van der Waals surface area (Å²) < 4.78 is 27.7. The fourth-order valence-electron chi connectivity index (χ4n) is 4.47. The third-order valence-corrected chi connectivity index (χ3v) is 8.83. The van der Waals surface area contributed by atoms with Crippen molar-refractivity contribution in [3.8, 4) is 0 Å². The van der Waals surface area contributed by atoms with Gasteiger partial charge in [-0.15, -0.1) is 0 Å². The molecule has 4 aromatic rings. The molecule has 1 saturated heterocycles. The summed E-state index contributed by atoms with van der Waals surface area (Å²) in [4.78, 5) is 12.3. The largest absolute Gasteiger partial charge is 0.339 e. The Labute approximate surface area is 216 Å². The summed E-state index contributed by atoms with van der Waals surface area (Å²) in [6.07, 6.45) is 0. The van der Waals surface area contributed by atoms with E-state index in [0.29, 0.717) is 37.0 Å². The lowest BCUT2D eigenvalue weighted by Gasteiger charge is -2.36. The van der Waals surface area contributed by atoms with Gasteiger partial charge in [-0.2, -0.15) is 4.31 Å². The zero-order valence-corrected chi connectivity index (χ0v) is 21.8. The van der Waals surface area contributed by atoms with Gasteiger partial charge in [0.15, 0.2) is 0 Å². The highest BCUT2D eigenvalue weighted by atomic mass is 35.5. The van der Waals surface area contributed by atoms with Crippen molar-refractivity contribution in [1.82, 2.24) is 19.2 Å². The van der Waals surface area contributed by atoms with Crippen molar-refractivity contribution >= 4 is 44.0 Å². The summed E-state index contributed by atoms with van der Waals surface area (Å²) in [6.45, 7) is 6.11. The van der Waals surface area contributed by atoms with E-state index < -0.39 is 10.0 Å². The van der Waals surface area contributed by atoms with Gasteiger partial charge in [0.25, 0.3) is 0 Å². The van der Waals surface area contributed by atoms with Gasteiger partial charge in [0, 0.05) is 42.3 Å². The fraction of sp³-hybridized carbons (Fsp3) is 0.259. The van der Waals surface area contributed by atoms with E-state index in [2.05, 4.69) is 30.1 Å². The number of piperazine rings is 1. The molecule has 7 nitrogen and oxygen atoms in total. The first-order valence-corrected chi connectivity index (χ1v) is 13.7. The Morgan fingerprint density at radius 1 is 0.889 bits per heavy atom. The molecule has 1 atom stereocenters. The second kappa shape index (κ2) is 10.1. The van der Waals surface area contributed by atoms with Crippen LogP contribution < -0.4 is 5.32 Å². The minimum Gasteiger partial charge on any atom is -0.339 e. The van der Waals surface area contributed by atoms with E-state index in [1.807, 2.05) is 42.5 Å². The van der Waals surface area contributed by atoms with E-state index >= 15 is 0 Å². The van der Waals surface area contributed by atoms with Crippen LogP contribution in [0.15, 0.2) is 77.7 Å². The number of nitrogens with one attached hydrogen (secondary N) is 1. The standard InChI is InChI=1S/C27H28ClN5O2S/c1-19-7-3-5-9-24(19)29-27-23-8-4-6-10-25(23)30-26(31-27)20(2)32-15-17-33(18-16-32)36(34,35)22-13-11-21(28)12-14-22/h3-14,20H,15-18H2,1-2H3,(H,29,30,31)/t20-/m1/s1. The second-order valence-corrected chi connectivity index (χ2v) is 11.3. The summed E-state index contributed by atoms with van der Waals surface area (Å²) in [5.74, 6) is 1.47. The van der Waals surface area contributed by atoms with Crippen molar-refractivity contribution in [2.75, 3.05) is 31.5 Å². The summed E-state index contributed by atoms with van der Waals surface area (Å²) in [5.41, 5.74) is 3.00. The van der Waals surface area contributed by atoms with Crippen molar-refractivity contribution in [1.29, 1.82) is 0 Å². The van der Waals surface area contributed by atoms with Crippen LogP contribution in [0.1, 0.15) is 24.4 Å². The molecule has 3 aromatic carbocycles. The maximum absolute atomic E-state index is 13.1. The SMILES string of the molecule is Cc1ccccc1Nc1nc([C@@H](C)N2CCN(S(=O)(=O)c3ccc(Cl)cc3)CC2)nc2ccccc12. The number of nitrogens with zero attached hydrogens (tertiary/aromatic N) is 4. The van der Waals surface area contributed by atoms with Gasteiger partial charge in [0.1, 0.15) is 11.6 Å². The van der Waals surface area contributed by atoms with Gasteiger partial charge in [-0.1, -0.05) is 41.9 Å². The molecule has 36 heavy (non-hydrogen) atoms. The second-order valence-electron chi connectivity index (χ2n) is 8.96. The predicted octanol–water partition coefficient (Wildman–Crippen LogP) is 5.40. The average molecular weight is 522 g/mol. The van der Waals surface area contributed by atoms with Crippen LogP contribution in [0.25, 0.3) is 10.9 Å². The van der Waals surface area contributed by atoms with Crippen LogP contribution in [0.2, 0.25) is 5.02 Å². The zero-order chi connectivity index (χ0) is 25.3. The van der Waals surface area contributed by atoms with Crippen molar-refractivity contribution in [2.24, 2.45) is 0 Å². The smallest absolute Gasteiger partial charge is 0.243 e. The Balaban J connectivity index is 1.37. The predicted molar refractivity (Wildman–Crippen MR) is 144 cm³/mol. The number of rotatable bonds is 6. The molecular weight excluding hydrogens is 494 g/mol. The van der Waals surface area contributed by atoms with Crippen LogP contribution in [0.5, 0.6) is 0 Å². The lowest BCUT2D eigenvalue weighted by molar-refractivity contribution is 0.141. The fourth-order valence-corrected chi connectivity index (χ4v) is 6.02. The van der Waals surface area contributed by atoms with E-state index in [4.69, 9.17) is 21.6 Å². The number of aromatic nitrogens is 2. The number of hydrogen-bond acceptors (Lipinski definition) is 6. The number of sulfonamides is 1. The van der Waals surface area contributed by atoms with E-state index in [9.17, 15) is 8.42 Å². The molecule has 1 aliphatic rings. The lowest BCUT2D eigenvalue weighted by Crippen LogP contribution is -2.49. The van der Waals surface area contributed by atoms with Crippen molar-refractivity contribution in [3.63, 3.8) is 0 Å². The first-order valence-electron chi connectivity index (χ1n) is 11.9. The number of hydrogen-bond donors (Lipinski definition) is 1. The normalized spacial score (nSPS) is 16.2. The highest BCUT2D eigenvalue weighted by Gasteiger charge is 2.31. The third-order valence-electron chi connectivity index (χ3n) is 6.66. The van der Waals surface area contributed by atoms with Gasteiger partial charge in [0.05, 0.1) is 16.5 Å². The molecule has 1 aromatic heterocycles. The number of fused-ring (bicyclic) bond motifs is 1. The van der Waals surface area contributed by atoms with E-state index in [-0.39, 0.29) is 10.9 Å². The van der Waals surface area contributed by atoms with Gasteiger partial charge in [-0.05, 0) is 61.9 Å². The zero-order valence-electron chi connectivity index (χ0n) is 20.2. The molecule has 9 heteroatoms. The van der Waals surface area contributed by atoms with Gasteiger partial charge in [0.2, 0.25) is 10.0 Å². The Bertz CT molecular complexity index is 1490. The molecule has 0 radical (unpaired) electrons.